The predicted octanol–water partition coefficient (Wildman–Crippen LogP) is 1.66. The molecule has 1 saturated heterocycles. The van der Waals surface area contributed by atoms with Crippen LogP contribution in [0, 0.1) is 17.2 Å². The molecule has 1 fully saturated rings. The van der Waals surface area contributed by atoms with Crippen LogP contribution in [-0.2, 0) is 16.1 Å². The average molecular weight is 383 g/mol. The highest BCUT2D eigenvalue weighted by Crippen LogP contribution is 2.23. The van der Waals surface area contributed by atoms with Gasteiger partial charge in [0.2, 0.25) is 0 Å². The third-order valence-corrected chi connectivity index (χ3v) is 5.46. The van der Waals surface area contributed by atoms with Crippen molar-refractivity contribution in [2.24, 2.45) is 5.92 Å². The van der Waals surface area contributed by atoms with Crippen LogP contribution in [0.5, 0.6) is 0 Å². The lowest BCUT2D eigenvalue weighted by Crippen LogP contribution is -2.43. The fraction of sp³-hybridized carbons (Fsp3) is 0.368. The molecular formula is C19H21N5O2S. The summed E-state index contributed by atoms with van der Waals surface area (Å²) in [6.45, 7) is 2.40. The fourth-order valence-electron chi connectivity index (χ4n) is 3.06. The first kappa shape index (κ1) is 18.9. The second-order valence-corrected chi connectivity index (χ2v) is 7.42. The molecule has 2 aromatic rings. The molecule has 2 amide bonds. The zero-order valence-electron chi connectivity index (χ0n) is 14.9. The number of thiophene rings is 1. The highest BCUT2D eigenvalue weighted by molar-refractivity contribution is 7.09. The molecule has 2 aromatic heterocycles. The van der Waals surface area contributed by atoms with Crippen molar-refractivity contribution >= 4 is 29.0 Å². The molecule has 0 aliphatic carbocycles. The molecule has 3 rings (SSSR count). The predicted molar refractivity (Wildman–Crippen MR) is 103 cm³/mol. The number of piperidine rings is 1. The quantitative estimate of drug-likeness (QED) is 0.765. The van der Waals surface area contributed by atoms with Gasteiger partial charge in [-0.1, -0.05) is 6.07 Å². The Morgan fingerprint density at radius 3 is 2.70 bits per heavy atom. The van der Waals surface area contributed by atoms with E-state index in [4.69, 9.17) is 0 Å². The summed E-state index contributed by atoms with van der Waals surface area (Å²) >= 11 is 1.54. The number of nitrogens with zero attached hydrogens (tertiary/aromatic N) is 3. The lowest BCUT2D eigenvalue weighted by Gasteiger charge is -2.33. The highest BCUT2D eigenvalue weighted by Gasteiger charge is 2.23. The largest absolute Gasteiger partial charge is 0.356 e. The topological polar surface area (TPSA) is 98.1 Å². The zero-order chi connectivity index (χ0) is 19.1. The van der Waals surface area contributed by atoms with E-state index < -0.39 is 11.8 Å². The summed E-state index contributed by atoms with van der Waals surface area (Å²) in [5.41, 5.74) is 0.576. The summed E-state index contributed by atoms with van der Waals surface area (Å²) in [7, 11) is 0. The number of nitriles is 1. The van der Waals surface area contributed by atoms with Gasteiger partial charge in [-0.3, -0.25) is 9.59 Å². The monoisotopic (exact) mass is 383 g/mol. The van der Waals surface area contributed by atoms with E-state index in [1.807, 2.05) is 17.5 Å². The average Bonchev–Trinajstić information content (AvgIpc) is 3.24. The Kier molecular flexibility index (Phi) is 6.39. The van der Waals surface area contributed by atoms with E-state index in [-0.39, 0.29) is 0 Å². The smallest absolute Gasteiger partial charge is 0.309 e. The molecule has 140 valence electrons. The third-order valence-electron chi connectivity index (χ3n) is 4.58. The van der Waals surface area contributed by atoms with E-state index in [1.165, 1.54) is 11.3 Å². The van der Waals surface area contributed by atoms with E-state index in [1.54, 1.807) is 18.3 Å². The van der Waals surface area contributed by atoms with E-state index in [2.05, 4.69) is 26.6 Å². The van der Waals surface area contributed by atoms with Crippen LogP contribution >= 0.6 is 11.3 Å². The van der Waals surface area contributed by atoms with Gasteiger partial charge in [-0.15, -0.1) is 11.3 Å². The molecule has 2 N–H and O–H groups in total. The Balaban J connectivity index is 1.41. The number of carbonyl (C=O) groups excluding carboxylic acids is 2. The van der Waals surface area contributed by atoms with E-state index >= 15 is 0 Å². The SMILES string of the molecule is N#Cc1cccnc1N1CCC(CNC(=O)C(=O)NCc2cccs2)CC1. The number of hydrogen-bond donors (Lipinski definition) is 2. The first-order chi connectivity index (χ1) is 13.2. The van der Waals surface area contributed by atoms with Gasteiger partial charge in [-0.2, -0.15) is 5.26 Å². The van der Waals surface area contributed by atoms with Crippen LogP contribution in [0.15, 0.2) is 35.8 Å². The van der Waals surface area contributed by atoms with Gasteiger partial charge in [-0.05, 0) is 42.3 Å². The molecule has 1 aliphatic heterocycles. The van der Waals surface area contributed by atoms with Gasteiger partial charge in [-0.25, -0.2) is 4.98 Å². The van der Waals surface area contributed by atoms with Crippen LogP contribution in [0.3, 0.4) is 0 Å². The second kappa shape index (κ2) is 9.14. The molecule has 0 bridgehead atoms. The van der Waals surface area contributed by atoms with Crippen molar-refractivity contribution in [3.8, 4) is 6.07 Å². The lowest BCUT2D eigenvalue weighted by molar-refractivity contribution is -0.139. The van der Waals surface area contributed by atoms with Crippen LogP contribution in [0.2, 0.25) is 0 Å². The number of pyridine rings is 1. The minimum absolute atomic E-state index is 0.310. The lowest BCUT2D eigenvalue weighted by atomic mass is 9.96. The zero-order valence-corrected chi connectivity index (χ0v) is 15.7. The molecule has 1 aliphatic rings. The number of nitrogens with one attached hydrogen (secondary N) is 2. The molecule has 0 atom stereocenters. The van der Waals surface area contributed by atoms with Crippen LogP contribution in [-0.4, -0.2) is 36.4 Å². The van der Waals surface area contributed by atoms with Gasteiger partial charge >= 0.3 is 11.8 Å². The van der Waals surface area contributed by atoms with Crippen molar-refractivity contribution < 1.29 is 9.59 Å². The molecule has 0 spiro atoms. The molecule has 3 heterocycles. The van der Waals surface area contributed by atoms with Gasteiger partial charge in [0.25, 0.3) is 0 Å². The van der Waals surface area contributed by atoms with Gasteiger partial charge in [0.1, 0.15) is 11.9 Å². The Hall–Kier alpha value is -2.92. The van der Waals surface area contributed by atoms with Gasteiger partial charge in [0, 0.05) is 30.7 Å². The highest BCUT2D eigenvalue weighted by atomic mass is 32.1. The number of rotatable bonds is 5. The second-order valence-electron chi connectivity index (χ2n) is 6.39. The molecule has 0 radical (unpaired) electrons. The summed E-state index contributed by atoms with van der Waals surface area (Å²) in [5, 5.41) is 16.5. The Morgan fingerprint density at radius 2 is 2.00 bits per heavy atom. The minimum Gasteiger partial charge on any atom is -0.356 e. The number of amides is 2. The van der Waals surface area contributed by atoms with Crippen molar-refractivity contribution in [1.29, 1.82) is 5.26 Å². The normalized spacial score (nSPS) is 14.4. The summed E-state index contributed by atoms with van der Waals surface area (Å²) in [5.74, 6) is -0.168. The van der Waals surface area contributed by atoms with E-state index in [0.717, 1.165) is 36.6 Å². The molecular weight excluding hydrogens is 362 g/mol. The molecule has 8 heteroatoms. The van der Waals surface area contributed by atoms with Gasteiger partial charge in [0.15, 0.2) is 0 Å². The Bertz CT molecular complexity index is 823. The summed E-state index contributed by atoms with van der Waals surface area (Å²) in [6.07, 6.45) is 3.44. The van der Waals surface area contributed by atoms with E-state index in [0.29, 0.717) is 24.6 Å². The molecule has 7 nitrogen and oxygen atoms in total. The number of carbonyl (C=O) groups is 2. The summed E-state index contributed by atoms with van der Waals surface area (Å²) in [6, 6.07) is 9.52. The Morgan fingerprint density at radius 1 is 1.22 bits per heavy atom. The standard InChI is InChI=1S/C19H21N5O2S/c20-11-15-3-1-7-21-17(15)24-8-5-14(6-9-24)12-22-18(25)19(26)23-13-16-4-2-10-27-16/h1-4,7,10,14H,5-6,8-9,12-13H2,(H,22,25)(H,23,26). The van der Waals surface area contributed by atoms with Crippen molar-refractivity contribution in [3.05, 3.63) is 46.3 Å². The summed E-state index contributed by atoms with van der Waals surface area (Å²) < 4.78 is 0. The molecule has 27 heavy (non-hydrogen) atoms. The van der Waals surface area contributed by atoms with E-state index in [9.17, 15) is 14.9 Å². The van der Waals surface area contributed by atoms with Crippen molar-refractivity contribution in [2.75, 3.05) is 24.5 Å². The first-order valence-corrected chi connectivity index (χ1v) is 9.74. The van der Waals surface area contributed by atoms with Crippen LogP contribution in [0.1, 0.15) is 23.3 Å². The number of aromatic nitrogens is 1. The first-order valence-electron chi connectivity index (χ1n) is 8.86. The Labute approximate surface area is 162 Å². The number of anilines is 1. The van der Waals surface area contributed by atoms with Crippen molar-refractivity contribution in [3.63, 3.8) is 0 Å². The molecule has 0 unspecified atom stereocenters. The van der Waals surface area contributed by atoms with Gasteiger partial charge < -0.3 is 15.5 Å². The fourth-order valence-corrected chi connectivity index (χ4v) is 3.71. The molecule has 0 saturated carbocycles. The van der Waals surface area contributed by atoms with Crippen LogP contribution < -0.4 is 15.5 Å². The summed E-state index contributed by atoms with van der Waals surface area (Å²) in [4.78, 5) is 31.2. The van der Waals surface area contributed by atoms with Gasteiger partial charge in [0.05, 0.1) is 12.1 Å². The minimum atomic E-state index is -0.604. The van der Waals surface area contributed by atoms with Crippen molar-refractivity contribution in [1.82, 2.24) is 15.6 Å². The maximum atomic E-state index is 11.9. The maximum Gasteiger partial charge on any atom is 0.309 e. The number of hydrogen-bond acceptors (Lipinski definition) is 6. The van der Waals surface area contributed by atoms with Crippen LogP contribution in [0.4, 0.5) is 5.82 Å². The van der Waals surface area contributed by atoms with Crippen LogP contribution in [0.25, 0.3) is 0 Å². The van der Waals surface area contributed by atoms with Crippen molar-refractivity contribution in [2.45, 2.75) is 19.4 Å². The maximum absolute atomic E-state index is 11.9. The third kappa shape index (κ3) is 5.05. The molecule has 0 aromatic carbocycles.